The standard InChI is InChI=1S/C20H21N3O3.ClH/c1-25-18-8-4-3-7-15(18)17-13-21-10-11-23(17)20(24)12-16-14-6-2-5-9-19(14)26-22-16;/h2-9,17,21H,10-13H2,1H3;1H. The Bertz CT molecular complexity index is 927. The molecule has 6 nitrogen and oxygen atoms in total. The molecule has 27 heavy (non-hydrogen) atoms. The van der Waals surface area contributed by atoms with Gasteiger partial charge in [-0.15, -0.1) is 12.4 Å². The van der Waals surface area contributed by atoms with E-state index in [0.717, 1.165) is 23.2 Å². The van der Waals surface area contributed by atoms with E-state index in [4.69, 9.17) is 9.26 Å². The number of methoxy groups -OCH3 is 1. The summed E-state index contributed by atoms with van der Waals surface area (Å²) in [6.07, 6.45) is 0.225. The van der Waals surface area contributed by atoms with Crippen LogP contribution in [0.25, 0.3) is 11.0 Å². The van der Waals surface area contributed by atoms with E-state index >= 15 is 0 Å². The first-order valence-electron chi connectivity index (χ1n) is 8.74. The molecule has 1 unspecified atom stereocenters. The van der Waals surface area contributed by atoms with E-state index in [2.05, 4.69) is 10.5 Å². The number of fused-ring (bicyclic) bond motifs is 1. The number of hydrogen-bond donors (Lipinski definition) is 1. The molecule has 7 heteroatoms. The summed E-state index contributed by atoms with van der Waals surface area (Å²) in [5, 5.41) is 8.37. The van der Waals surface area contributed by atoms with Crippen molar-refractivity contribution in [2.24, 2.45) is 0 Å². The van der Waals surface area contributed by atoms with E-state index in [9.17, 15) is 4.79 Å². The molecule has 0 radical (unpaired) electrons. The third-order valence-corrected chi connectivity index (χ3v) is 4.83. The first-order chi connectivity index (χ1) is 12.8. The Morgan fingerprint density at radius 2 is 2.04 bits per heavy atom. The molecule has 1 atom stereocenters. The topological polar surface area (TPSA) is 67.6 Å². The number of carbonyl (C=O) groups is 1. The van der Waals surface area contributed by atoms with Crippen LogP contribution in [0.4, 0.5) is 0 Å². The lowest BCUT2D eigenvalue weighted by molar-refractivity contribution is -0.133. The number of carbonyl (C=O) groups excluding carboxylic acids is 1. The van der Waals surface area contributed by atoms with Crippen LogP contribution in [0.3, 0.4) is 0 Å². The van der Waals surface area contributed by atoms with Gasteiger partial charge in [-0.1, -0.05) is 35.5 Å². The number of aromatic nitrogens is 1. The summed E-state index contributed by atoms with van der Waals surface area (Å²) in [4.78, 5) is 15.0. The Kier molecular flexibility index (Phi) is 5.98. The summed E-state index contributed by atoms with van der Waals surface area (Å²) in [5.41, 5.74) is 2.40. The monoisotopic (exact) mass is 387 g/mol. The van der Waals surface area contributed by atoms with Gasteiger partial charge in [-0.2, -0.15) is 0 Å². The van der Waals surface area contributed by atoms with Gasteiger partial charge in [0.15, 0.2) is 5.58 Å². The molecule has 1 aromatic heterocycles. The van der Waals surface area contributed by atoms with E-state index in [-0.39, 0.29) is 30.8 Å². The van der Waals surface area contributed by atoms with Crippen LogP contribution in [0.1, 0.15) is 17.3 Å². The van der Waals surface area contributed by atoms with Crippen molar-refractivity contribution in [3.8, 4) is 5.75 Å². The van der Waals surface area contributed by atoms with E-state index in [1.54, 1.807) is 7.11 Å². The Hall–Kier alpha value is -2.57. The molecule has 1 aliphatic heterocycles. The highest BCUT2D eigenvalue weighted by molar-refractivity contribution is 5.86. The van der Waals surface area contributed by atoms with E-state index in [0.29, 0.717) is 24.4 Å². The van der Waals surface area contributed by atoms with Crippen molar-refractivity contribution in [2.45, 2.75) is 12.5 Å². The van der Waals surface area contributed by atoms with Gasteiger partial charge in [0.2, 0.25) is 5.91 Å². The minimum atomic E-state index is -0.0643. The molecule has 4 rings (SSSR count). The number of nitrogens with zero attached hydrogens (tertiary/aromatic N) is 2. The van der Waals surface area contributed by atoms with Crippen LogP contribution in [0, 0.1) is 0 Å². The van der Waals surface area contributed by atoms with Crippen LogP contribution in [-0.2, 0) is 11.2 Å². The molecular formula is C20H22ClN3O3. The number of benzene rings is 2. The fraction of sp³-hybridized carbons (Fsp3) is 0.300. The maximum Gasteiger partial charge on any atom is 0.229 e. The number of amides is 1. The average Bonchev–Trinajstić information content (AvgIpc) is 3.11. The molecule has 2 aromatic carbocycles. The van der Waals surface area contributed by atoms with Crippen molar-refractivity contribution >= 4 is 29.3 Å². The number of piperazine rings is 1. The molecule has 1 amide bonds. The number of halogens is 1. The zero-order valence-electron chi connectivity index (χ0n) is 15.1. The Balaban J connectivity index is 0.00000210. The maximum absolute atomic E-state index is 13.1. The molecule has 2 heterocycles. The molecule has 3 aromatic rings. The van der Waals surface area contributed by atoms with Crippen molar-refractivity contribution in [3.63, 3.8) is 0 Å². The van der Waals surface area contributed by atoms with Crippen molar-refractivity contribution in [3.05, 3.63) is 59.8 Å². The lowest BCUT2D eigenvalue weighted by Gasteiger charge is -2.37. The lowest BCUT2D eigenvalue weighted by atomic mass is 10.0. The zero-order valence-corrected chi connectivity index (χ0v) is 15.9. The van der Waals surface area contributed by atoms with Crippen LogP contribution < -0.4 is 10.1 Å². The molecule has 0 aliphatic carbocycles. The number of rotatable bonds is 4. The van der Waals surface area contributed by atoms with Crippen LogP contribution >= 0.6 is 12.4 Å². The maximum atomic E-state index is 13.1. The predicted molar refractivity (Wildman–Crippen MR) is 105 cm³/mol. The minimum Gasteiger partial charge on any atom is -0.496 e. The highest BCUT2D eigenvalue weighted by Crippen LogP contribution is 2.31. The Labute approximate surface area is 163 Å². The lowest BCUT2D eigenvalue weighted by Crippen LogP contribution is -2.49. The first-order valence-corrected chi connectivity index (χ1v) is 8.74. The van der Waals surface area contributed by atoms with Crippen LogP contribution in [0.15, 0.2) is 53.1 Å². The average molecular weight is 388 g/mol. The Morgan fingerprint density at radius 1 is 1.26 bits per heavy atom. The smallest absolute Gasteiger partial charge is 0.229 e. The molecule has 0 bridgehead atoms. The Morgan fingerprint density at radius 3 is 2.89 bits per heavy atom. The summed E-state index contributed by atoms with van der Waals surface area (Å²) < 4.78 is 10.8. The summed E-state index contributed by atoms with van der Waals surface area (Å²) in [7, 11) is 1.66. The molecule has 1 aliphatic rings. The molecule has 142 valence electrons. The van der Waals surface area contributed by atoms with Crippen molar-refractivity contribution in [1.29, 1.82) is 0 Å². The van der Waals surface area contributed by atoms with Gasteiger partial charge in [0.25, 0.3) is 0 Å². The molecule has 1 fully saturated rings. The number of para-hydroxylation sites is 2. The van der Waals surface area contributed by atoms with Crippen LogP contribution in [0.5, 0.6) is 5.75 Å². The second-order valence-corrected chi connectivity index (χ2v) is 6.35. The molecule has 0 saturated carbocycles. The number of nitrogens with one attached hydrogen (secondary N) is 1. The molecule has 0 spiro atoms. The largest absolute Gasteiger partial charge is 0.496 e. The third-order valence-electron chi connectivity index (χ3n) is 4.83. The molecule has 1 N–H and O–H groups in total. The molecule has 1 saturated heterocycles. The van der Waals surface area contributed by atoms with Crippen molar-refractivity contribution < 1.29 is 14.1 Å². The summed E-state index contributed by atoms with van der Waals surface area (Å²) in [5.74, 6) is 0.840. The van der Waals surface area contributed by atoms with Gasteiger partial charge >= 0.3 is 0 Å². The number of hydrogen-bond acceptors (Lipinski definition) is 5. The highest BCUT2D eigenvalue weighted by atomic mass is 35.5. The van der Waals surface area contributed by atoms with Gasteiger partial charge in [0, 0.05) is 30.6 Å². The predicted octanol–water partition coefficient (Wildman–Crippen LogP) is 2.97. The fourth-order valence-electron chi connectivity index (χ4n) is 3.53. The zero-order chi connectivity index (χ0) is 17.9. The van der Waals surface area contributed by atoms with E-state index in [1.807, 2.05) is 53.4 Å². The van der Waals surface area contributed by atoms with E-state index in [1.165, 1.54) is 0 Å². The van der Waals surface area contributed by atoms with E-state index < -0.39 is 0 Å². The number of ether oxygens (including phenoxy) is 1. The van der Waals surface area contributed by atoms with Crippen molar-refractivity contribution in [2.75, 3.05) is 26.7 Å². The summed E-state index contributed by atoms with van der Waals surface area (Å²) in [6.45, 7) is 2.12. The summed E-state index contributed by atoms with van der Waals surface area (Å²) in [6, 6.07) is 15.4. The highest BCUT2D eigenvalue weighted by Gasteiger charge is 2.30. The van der Waals surface area contributed by atoms with Gasteiger partial charge in [0.05, 0.1) is 19.6 Å². The van der Waals surface area contributed by atoms with Gasteiger partial charge in [-0.25, -0.2) is 0 Å². The fourth-order valence-corrected chi connectivity index (χ4v) is 3.53. The quantitative estimate of drug-likeness (QED) is 0.745. The SMILES string of the molecule is COc1ccccc1C1CNCCN1C(=O)Cc1noc2ccccc12.Cl. The first kappa shape index (κ1) is 19.2. The van der Waals surface area contributed by atoms with Gasteiger partial charge in [-0.05, 0) is 18.2 Å². The minimum absolute atomic E-state index is 0. The second kappa shape index (κ2) is 8.41. The van der Waals surface area contributed by atoms with Crippen molar-refractivity contribution in [1.82, 2.24) is 15.4 Å². The normalized spacial score (nSPS) is 16.8. The molecular weight excluding hydrogens is 366 g/mol. The third kappa shape index (κ3) is 3.77. The second-order valence-electron chi connectivity index (χ2n) is 6.35. The summed E-state index contributed by atoms with van der Waals surface area (Å²) >= 11 is 0. The van der Waals surface area contributed by atoms with Gasteiger partial charge in [0.1, 0.15) is 11.4 Å². The van der Waals surface area contributed by atoms with Gasteiger partial charge < -0.3 is 19.5 Å². The van der Waals surface area contributed by atoms with Crippen LogP contribution in [0.2, 0.25) is 0 Å². The van der Waals surface area contributed by atoms with Crippen LogP contribution in [-0.4, -0.2) is 42.7 Å². The van der Waals surface area contributed by atoms with Gasteiger partial charge in [-0.3, -0.25) is 4.79 Å².